The maximum absolute atomic E-state index is 12.5. The van der Waals surface area contributed by atoms with Gasteiger partial charge in [-0.3, -0.25) is 4.79 Å². The molecule has 0 spiro atoms. The van der Waals surface area contributed by atoms with Crippen LogP contribution in [-0.2, 0) is 19.7 Å². The van der Waals surface area contributed by atoms with Gasteiger partial charge in [-0.05, 0) is 31.5 Å². The van der Waals surface area contributed by atoms with Gasteiger partial charge in [0.2, 0.25) is 5.91 Å². The zero-order valence-corrected chi connectivity index (χ0v) is 14.3. The van der Waals surface area contributed by atoms with Crippen LogP contribution in [0.4, 0.5) is 13.2 Å². The molecule has 0 bridgehead atoms. The average molecular weight is 375 g/mol. The lowest BCUT2D eigenvalue weighted by molar-refractivity contribution is -0.274. The minimum Gasteiger partial charge on any atom is -0.480 e. The molecule has 1 atom stereocenters. The molecule has 0 aliphatic rings. The van der Waals surface area contributed by atoms with Gasteiger partial charge in [-0.2, -0.15) is 0 Å². The fourth-order valence-corrected chi connectivity index (χ4v) is 1.99. The van der Waals surface area contributed by atoms with Crippen LogP contribution in [0.3, 0.4) is 0 Å². The molecule has 0 saturated carbocycles. The SMILES string of the molecule is C=CCOCC(NC(=O)C(C)(C)c1ccc(OC(F)(F)F)cc1)C(=O)O. The third-order valence-electron chi connectivity index (χ3n) is 3.50. The molecule has 2 N–H and O–H groups in total. The van der Waals surface area contributed by atoms with E-state index in [1.165, 1.54) is 32.1 Å². The number of carboxylic acid groups (broad SMARTS) is 1. The number of amides is 1. The molecular formula is C17H20F3NO5. The lowest BCUT2D eigenvalue weighted by atomic mass is 9.83. The van der Waals surface area contributed by atoms with E-state index in [9.17, 15) is 22.8 Å². The average Bonchev–Trinajstić information content (AvgIpc) is 2.52. The Balaban J connectivity index is 2.85. The molecule has 0 aliphatic heterocycles. The van der Waals surface area contributed by atoms with Gasteiger partial charge in [-0.1, -0.05) is 18.2 Å². The van der Waals surface area contributed by atoms with E-state index in [1.54, 1.807) is 0 Å². The summed E-state index contributed by atoms with van der Waals surface area (Å²) in [5.41, 5.74) is -0.802. The Morgan fingerprint density at radius 2 is 1.85 bits per heavy atom. The van der Waals surface area contributed by atoms with Crippen LogP contribution in [0.5, 0.6) is 5.75 Å². The Morgan fingerprint density at radius 1 is 1.27 bits per heavy atom. The molecule has 6 nitrogen and oxygen atoms in total. The summed E-state index contributed by atoms with van der Waals surface area (Å²) in [5, 5.41) is 11.5. The second-order valence-corrected chi connectivity index (χ2v) is 5.89. The molecule has 0 heterocycles. The number of carbonyl (C=O) groups is 2. The van der Waals surface area contributed by atoms with Crippen molar-refractivity contribution in [3.8, 4) is 5.75 Å². The largest absolute Gasteiger partial charge is 0.573 e. The highest BCUT2D eigenvalue weighted by atomic mass is 19.4. The van der Waals surface area contributed by atoms with Crippen LogP contribution in [0.2, 0.25) is 0 Å². The van der Waals surface area contributed by atoms with Crippen LogP contribution in [0.1, 0.15) is 19.4 Å². The molecule has 1 amide bonds. The van der Waals surface area contributed by atoms with Gasteiger partial charge in [-0.25, -0.2) is 4.79 Å². The van der Waals surface area contributed by atoms with Gasteiger partial charge in [0, 0.05) is 0 Å². The van der Waals surface area contributed by atoms with Crippen molar-refractivity contribution in [2.24, 2.45) is 0 Å². The molecule has 26 heavy (non-hydrogen) atoms. The molecular weight excluding hydrogens is 355 g/mol. The number of aliphatic carboxylic acids is 1. The first-order chi connectivity index (χ1) is 12.0. The Hall–Kier alpha value is -2.55. The number of benzene rings is 1. The Kier molecular flexibility index (Phi) is 7.19. The highest BCUT2D eigenvalue weighted by Crippen LogP contribution is 2.28. The van der Waals surface area contributed by atoms with E-state index in [1.807, 2.05) is 0 Å². The van der Waals surface area contributed by atoms with Crippen molar-refractivity contribution in [2.75, 3.05) is 13.2 Å². The first-order valence-electron chi connectivity index (χ1n) is 7.56. The van der Waals surface area contributed by atoms with Crippen LogP contribution in [0, 0.1) is 0 Å². The van der Waals surface area contributed by atoms with E-state index in [2.05, 4.69) is 16.6 Å². The van der Waals surface area contributed by atoms with Gasteiger partial charge in [-0.15, -0.1) is 19.8 Å². The molecule has 144 valence electrons. The Morgan fingerprint density at radius 3 is 2.31 bits per heavy atom. The lowest BCUT2D eigenvalue weighted by Gasteiger charge is -2.26. The van der Waals surface area contributed by atoms with E-state index >= 15 is 0 Å². The number of alkyl halides is 3. The van der Waals surface area contributed by atoms with Crippen LogP contribution < -0.4 is 10.1 Å². The minimum absolute atomic E-state index is 0.129. The van der Waals surface area contributed by atoms with Crippen molar-refractivity contribution < 1.29 is 37.3 Å². The summed E-state index contributed by atoms with van der Waals surface area (Å²) < 4.78 is 45.4. The smallest absolute Gasteiger partial charge is 0.480 e. The molecule has 0 radical (unpaired) electrons. The quantitative estimate of drug-likeness (QED) is 0.512. The van der Waals surface area contributed by atoms with Crippen LogP contribution in [0.15, 0.2) is 36.9 Å². The third-order valence-corrected chi connectivity index (χ3v) is 3.50. The van der Waals surface area contributed by atoms with Crippen molar-refractivity contribution in [3.05, 3.63) is 42.5 Å². The van der Waals surface area contributed by atoms with Crippen molar-refractivity contribution in [1.29, 1.82) is 0 Å². The number of ether oxygens (including phenoxy) is 2. The van der Waals surface area contributed by atoms with Crippen molar-refractivity contribution in [3.63, 3.8) is 0 Å². The molecule has 1 aromatic carbocycles. The molecule has 1 unspecified atom stereocenters. The normalized spacial score (nSPS) is 13.0. The zero-order valence-electron chi connectivity index (χ0n) is 14.3. The highest BCUT2D eigenvalue weighted by Gasteiger charge is 2.34. The molecule has 0 aliphatic carbocycles. The number of carboxylic acids is 1. The van der Waals surface area contributed by atoms with Gasteiger partial charge in [0.25, 0.3) is 0 Å². The van der Waals surface area contributed by atoms with Crippen molar-refractivity contribution >= 4 is 11.9 Å². The summed E-state index contributed by atoms with van der Waals surface area (Å²) in [6.07, 6.45) is -3.37. The summed E-state index contributed by atoms with van der Waals surface area (Å²) in [7, 11) is 0. The van der Waals surface area contributed by atoms with E-state index in [0.717, 1.165) is 12.1 Å². The third kappa shape index (κ3) is 6.40. The van der Waals surface area contributed by atoms with Crippen molar-refractivity contribution in [1.82, 2.24) is 5.32 Å². The fourth-order valence-electron chi connectivity index (χ4n) is 1.99. The predicted molar refractivity (Wildman–Crippen MR) is 86.7 cm³/mol. The van der Waals surface area contributed by atoms with Crippen LogP contribution >= 0.6 is 0 Å². The number of nitrogens with one attached hydrogen (secondary N) is 1. The lowest BCUT2D eigenvalue weighted by Crippen LogP contribution is -2.50. The molecule has 0 aromatic heterocycles. The molecule has 0 fully saturated rings. The highest BCUT2D eigenvalue weighted by molar-refractivity contribution is 5.90. The Bertz CT molecular complexity index is 641. The van der Waals surface area contributed by atoms with Gasteiger partial charge in [0.15, 0.2) is 6.04 Å². The van der Waals surface area contributed by atoms with E-state index in [-0.39, 0.29) is 13.2 Å². The topological polar surface area (TPSA) is 84.9 Å². The van der Waals surface area contributed by atoms with Crippen LogP contribution in [-0.4, -0.2) is 42.6 Å². The second kappa shape index (κ2) is 8.70. The number of rotatable bonds is 9. The van der Waals surface area contributed by atoms with E-state index in [4.69, 9.17) is 9.84 Å². The molecule has 0 saturated heterocycles. The van der Waals surface area contributed by atoms with Crippen LogP contribution in [0.25, 0.3) is 0 Å². The number of hydrogen-bond acceptors (Lipinski definition) is 4. The van der Waals surface area contributed by atoms with Gasteiger partial charge in [0.1, 0.15) is 5.75 Å². The van der Waals surface area contributed by atoms with Crippen molar-refractivity contribution in [2.45, 2.75) is 31.7 Å². The summed E-state index contributed by atoms with van der Waals surface area (Å²) in [6, 6.07) is 3.52. The number of halogens is 3. The summed E-state index contributed by atoms with van der Waals surface area (Å²) in [6.45, 7) is 6.35. The molecule has 1 aromatic rings. The number of hydrogen-bond donors (Lipinski definition) is 2. The first-order valence-corrected chi connectivity index (χ1v) is 7.56. The van der Waals surface area contributed by atoms with Gasteiger partial charge in [0.05, 0.1) is 18.6 Å². The first kappa shape index (κ1) is 21.5. The summed E-state index contributed by atoms with van der Waals surface area (Å²) >= 11 is 0. The summed E-state index contributed by atoms with van der Waals surface area (Å²) in [5.74, 6) is -2.30. The van der Waals surface area contributed by atoms with E-state index in [0.29, 0.717) is 5.56 Å². The zero-order chi connectivity index (χ0) is 20.0. The Labute approximate surface area is 148 Å². The predicted octanol–water partition coefficient (Wildman–Crippen LogP) is 2.63. The fraction of sp³-hybridized carbons (Fsp3) is 0.412. The van der Waals surface area contributed by atoms with Gasteiger partial charge < -0.3 is 19.9 Å². The molecule has 9 heteroatoms. The maximum atomic E-state index is 12.5. The molecule has 1 rings (SSSR count). The maximum Gasteiger partial charge on any atom is 0.573 e. The second-order valence-electron chi connectivity index (χ2n) is 5.89. The standard InChI is InChI=1S/C17H20F3NO5/c1-4-9-25-10-13(14(22)23)21-15(24)16(2,3)11-5-7-12(8-6-11)26-17(18,19)20/h4-8,13H,1,9-10H2,2-3H3,(H,21,24)(H,22,23). The monoisotopic (exact) mass is 375 g/mol. The van der Waals surface area contributed by atoms with E-state index < -0.39 is 35.4 Å². The van der Waals surface area contributed by atoms with Gasteiger partial charge >= 0.3 is 12.3 Å². The number of carbonyl (C=O) groups excluding carboxylic acids is 1. The minimum atomic E-state index is -4.81. The summed E-state index contributed by atoms with van der Waals surface area (Å²) in [4.78, 5) is 23.7.